The Labute approximate surface area is 217 Å². The van der Waals surface area contributed by atoms with Gasteiger partial charge in [0.1, 0.15) is 0 Å². The van der Waals surface area contributed by atoms with Crippen molar-refractivity contribution in [3.05, 3.63) is 44.8 Å². The zero-order valence-corrected chi connectivity index (χ0v) is 22.7. The van der Waals surface area contributed by atoms with Gasteiger partial charge in [0.15, 0.2) is 11.1 Å². The molecule has 2 aromatic rings. The van der Waals surface area contributed by atoms with Gasteiger partial charge < -0.3 is 14.8 Å². The van der Waals surface area contributed by atoms with Crippen molar-refractivity contribution in [2.45, 2.75) is 50.1 Å². The number of nitrogens with zero attached hydrogens (tertiary/aromatic N) is 4. The number of hydrogen-bond acceptors (Lipinski definition) is 6. The first kappa shape index (κ1) is 26.2. The van der Waals surface area contributed by atoms with E-state index in [2.05, 4.69) is 21.2 Å². The predicted molar refractivity (Wildman–Crippen MR) is 121 cm³/mol. The molecule has 9 nitrogen and oxygen atoms in total. The number of methoxy groups -OCH3 is 1. The van der Waals surface area contributed by atoms with Crippen molar-refractivity contribution in [1.29, 1.82) is 0 Å². The van der Waals surface area contributed by atoms with Crippen LogP contribution < -0.4 is 34.9 Å². The topological polar surface area (TPSA) is 108 Å². The van der Waals surface area contributed by atoms with Crippen molar-refractivity contribution in [3.8, 4) is 0 Å². The number of likely N-dealkylation sites (N-methyl/N-ethyl adjacent to an activating group) is 1. The van der Waals surface area contributed by atoms with Gasteiger partial charge in [-0.3, -0.25) is 14.4 Å². The Morgan fingerprint density at radius 3 is 2.42 bits per heavy atom. The van der Waals surface area contributed by atoms with Gasteiger partial charge in [-0.05, 0) is 79.6 Å². The zero-order chi connectivity index (χ0) is 22.9. The van der Waals surface area contributed by atoms with E-state index in [1.165, 1.54) is 21.9 Å². The van der Waals surface area contributed by atoms with Gasteiger partial charge in [-0.2, -0.15) is 5.10 Å². The van der Waals surface area contributed by atoms with Crippen LogP contribution in [0.2, 0.25) is 0 Å². The number of anilines is 1. The fourth-order valence-corrected chi connectivity index (χ4v) is 5.47. The zero-order valence-electron chi connectivity index (χ0n) is 19.8. The molecule has 1 aromatic heterocycles. The Hall–Kier alpha value is -1.43. The number of sulfonamides is 1. The summed E-state index contributed by atoms with van der Waals surface area (Å²) in [7, 11) is 0.995. The summed E-state index contributed by atoms with van der Waals surface area (Å²) in [6, 6.07) is 2.85. The Kier molecular flexibility index (Phi) is 8.63. The van der Waals surface area contributed by atoms with Crippen LogP contribution in [0, 0.1) is 0 Å². The average molecular weight is 484 g/mol. The van der Waals surface area contributed by atoms with E-state index in [-0.39, 0.29) is 34.6 Å². The van der Waals surface area contributed by atoms with Gasteiger partial charge >= 0.3 is 29.6 Å². The monoisotopic (exact) mass is 483 g/mol. The maximum Gasteiger partial charge on any atom is 1.00 e. The first-order valence-corrected chi connectivity index (χ1v) is 12.4. The SMILES string of the molecule is COCCN(C)Cc1cc(S(=O)(=O)[N-]C(=O)Nc2c3c(cc4c2CCC4)CCC3)nn1C.[Na+]. The molecule has 0 unspecified atom stereocenters. The number of aromatic nitrogens is 2. The summed E-state index contributed by atoms with van der Waals surface area (Å²) in [5.41, 5.74) is 6.26. The molecule has 0 radical (unpaired) electrons. The Morgan fingerprint density at radius 2 is 1.82 bits per heavy atom. The molecule has 2 aliphatic rings. The van der Waals surface area contributed by atoms with Gasteiger partial charge in [0, 0.05) is 27.2 Å². The van der Waals surface area contributed by atoms with E-state index in [1.54, 1.807) is 14.2 Å². The van der Waals surface area contributed by atoms with Gasteiger partial charge in [-0.15, -0.1) is 0 Å². The van der Waals surface area contributed by atoms with Crippen LogP contribution in [0.3, 0.4) is 0 Å². The number of amides is 2. The van der Waals surface area contributed by atoms with Crippen molar-refractivity contribution < 1.29 is 47.5 Å². The molecule has 0 atom stereocenters. The van der Waals surface area contributed by atoms with Crippen LogP contribution in [0.25, 0.3) is 4.72 Å². The van der Waals surface area contributed by atoms with Gasteiger partial charge in [-0.1, -0.05) is 6.07 Å². The largest absolute Gasteiger partial charge is 1.00 e. The minimum Gasteiger partial charge on any atom is -0.423 e. The molecule has 2 aliphatic carbocycles. The Morgan fingerprint density at radius 1 is 1.18 bits per heavy atom. The maximum atomic E-state index is 12.8. The van der Waals surface area contributed by atoms with Gasteiger partial charge in [-0.25, -0.2) is 8.42 Å². The van der Waals surface area contributed by atoms with E-state index in [9.17, 15) is 13.2 Å². The molecule has 2 amide bonds. The summed E-state index contributed by atoms with van der Waals surface area (Å²) in [4.78, 5) is 14.7. The van der Waals surface area contributed by atoms with Crippen molar-refractivity contribution in [2.24, 2.45) is 7.05 Å². The van der Waals surface area contributed by atoms with Crippen LogP contribution in [0.1, 0.15) is 40.8 Å². The van der Waals surface area contributed by atoms with Gasteiger partial charge in [0.25, 0.3) is 0 Å². The molecule has 1 heterocycles. The fourth-order valence-electron chi connectivity index (χ4n) is 4.61. The maximum absolute atomic E-state index is 12.8. The van der Waals surface area contributed by atoms with E-state index >= 15 is 0 Å². The summed E-state index contributed by atoms with van der Waals surface area (Å²) in [5, 5.41) is 6.66. The fraction of sp³-hybridized carbons (Fsp3) is 0.545. The number of benzene rings is 1. The van der Waals surface area contributed by atoms with Crippen molar-refractivity contribution in [3.63, 3.8) is 0 Å². The molecule has 33 heavy (non-hydrogen) atoms. The predicted octanol–water partition coefficient (Wildman–Crippen LogP) is -0.226. The van der Waals surface area contributed by atoms with E-state index in [0.717, 1.165) is 55.3 Å². The number of aryl methyl sites for hydroxylation is 3. The second kappa shape index (κ2) is 10.9. The van der Waals surface area contributed by atoms with Gasteiger partial charge in [0.2, 0.25) is 10.0 Å². The van der Waals surface area contributed by atoms with E-state index in [4.69, 9.17) is 4.74 Å². The number of rotatable bonds is 8. The minimum absolute atomic E-state index is 0. The van der Waals surface area contributed by atoms with E-state index in [0.29, 0.717) is 25.4 Å². The molecule has 11 heteroatoms. The number of urea groups is 1. The molecule has 0 spiro atoms. The number of nitrogens with one attached hydrogen (secondary N) is 1. The molecule has 0 saturated heterocycles. The van der Waals surface area contributed by atoms with Gasteiger partial charge in [0.05, 0.1) is 12.3 Å². The van der Waals surface area contributed by atoms with E-state index < -0.39 is 16.1 Å². The summed E-state index contributed by atoms with van der Waals surface area (Å²) >= 11 is 0. The molecule has 1 N–H and O–H groups in total. The summed E-state index contributed by atoms with van der Waals surface area (Å²) < 4.78 is 35.7. The standard InChI is InChI=1S/C22H31N5O4S.Na/c1-26(10-11-31-3)14-17-13-20(24-27(17)2)32(29,30)25-22(28)23-21-18-8-4-6-15(18)12-16-7-5-9-19(16)21;/h12-13H,4-11,14H2,1-3H3,(H2,23,25,28);/q;+1/p-1. The average Bonchev–Trinajstić information content (AvgIpc) is 3.46. The Balaban J connectivity index is 0.00000306. The Bertz CT molecular complexity index is 1100. The molecule has 174 valence electrons. The normalized spacial score (nSPS) is 14.7. The summed E-state index contributed by atoms with van der Waals surface area (Å²) in [6.45, 7) is 1.76. The van der Waals surface area contributed by atoms with Crippen LogP contribution in [0.4, 0.5) is 10.5 Å². The number of carbonyl (C=O) groups excluding carboxylic acids is 1. The third-order valence-corrected chi connectivity index (χ3v) is 7.37. The second-order valence-corrected chi connectivity index (χ2v) is 10.1. The van der Waals surface area contributed by atoms with Crippen LogP contribution in [-0.2, 0) is 54.0 Å². The molecule has 0 saturated carbocycles. The number of ether oxygens (including phenoxy) is 1. The quantitative estimate of drug-likeness (QED) is 0.520. The van der Waals surface area contributed by atoms with Crippen molar-refractivity contribution in [2.75, 3.05) is 32.6 Å². The molecular formula is C22H30N5NaO4S. The third-order valence-electron chi connectivity index (χ3n) is 6.24. The summed E-state index contributed by atoms with van der Waals surface area (Å²) in [5.74, 6) is 0. The molecule has 4 rings (SSSR count). The number of hydrogen-bond donors (Lipinski definition) is 1. The number of fused-ring (bicyclic) bond motifs is 2. The van der Waals surface area contributed by atoms with Crippen molar-refractivity contribution in [1.82, 2.24) is 14.7 Å². The minimum atomic E-state index is -4.22. The third kappa shape index (κ3) is 5.80. The van der Waals surface area contributed by atoms with Crippen LogP contribution in [0.15, 0.2) is 17.2 Å². The first-order valence-electron chi connectivity index (χ1n) is 10.9. The second-order valence-electron chi connectivity index (χ2n) is 8.56. The smallest absolute Gasteiger partial charge is 0.423 e. The molecule has 0 aliphatic heterocycles. The van der Waals surface area contributed by atoms with Crippen LogP contribution >= 0.6 is 0 Å². The molecule has 1 aromatic carbocycles. The van der Waals surface area contributed by atoms with Crippen LogP contribution in [-0.4, -0.2) is 56.4 Å². The molecule has 0 bridgehead atoms. The molecular weight excluding hydrogens is 453 g/mol. The molecule has 0 fully saturated rings. The summed E-state index contributed by atoms with van der Waals surface area (Å²) in [6.07, 6.45) is 5.88. The van der Waals surface area contributed by atoms with Crippen molar-refractivity contribution >= 4 is 21.7 Å². The first-order chi connectivity index (χ1) is 15.3. The number of carbonyl (C=O) groups is 1. The van der Waals surface area contributed by atoms with E-state index in [1.807, 2.05) is 11.9 Å². The van der Waals surface area contributed by atoms with Crippen LogP contribution in [0.5, 0.6) is 0 Å².